The summed E-state index contributed by atoms with van der Waals surface area (Å²) >= 11 is 5.47. The molecule has 0 aliphatic rings. The Morgan fingerprint density at radius 1 is 1.00 bits per heavy atom. The fourth-order valence-corrected chi connectivity index (χ4v) is 2.43. The number of nitrogens with zero attached hydrogens (tertiary/aromatic N) is 1. The SMILES string of the molecule is CCOc1ccc(NC(=S)N(C)Cc2ccc(CC)cc2)cc1. The van der Waals surface area contributed by atoms with Crippen molar-refractivity contribution in [1.82, 2.24) is 4.90 Å². The minimum absolute atomic E-state index is 0.671. The molecule has 0 aliphatic carbocycles. The summed E-state index contributed by atoms with van der Waals surface area (Å²) in [5, 5.41) is 3.96. The summed E-state index contributed by atoms with van der Waals surface area (Å²) in [5.41, 5.74) is 3.57. The molecule has 1 N–H and O–H groups in total. The van der Waals surface area contributed by atoms with E-state index in [0.29, 0.717) is 11.7 Å². The summed E-state index contributed by atoms with van der Waals surface area (Å²) in [6, 6.07) is 16.5. The Bertz CT molecular complexity index is 623. The standard InChI is InChI=1S/C19H24N2OS/c1-4-15-6-8-16(9-7-15)14-21(3)19(23)20-17-10-12-18(13-11-17)22-5-2/h6-13H,4-5,14H2,1-3H3,(H,20,23). The van der Waals surface area contributed by atoms with Crippen molar-refractivity contribution in [1.29, 1.82) is 0 Å². The van der Waals surface area contributed by atoms with Gasteiger partial charge in [-0.3, -0.25) is 0 Å². The molecule has 0 saturated heterocycles. The third-order valence-corrected chi connectivity index (χ3v) is 4.03. The number of ether oxygens (including phenoxy) is 1. The highest BCUT2D eigenvalue weighted by atomic mass is 32.1. The fraction of sp³-hybridized carbons (Fsp3) is 0.316. The molecule has 2 aromatic rings. The highest BCUT2D eigenvalue weighted by molar-refractivity contribution is 7.80. The summed E-state index contributed by atoms with van der Waals surface area (Å²) < 4.78 is 5.44. The van der Waals surface area contributed by atoms with Gasteiger partial charge in [-0.05, 0) is 61.0 Å². The van der Waals surface area contributed by atoms with Crippen molar-refractivity contribution in [2.45, 2.75) is 26.8 Å². The molecule has 0 fully saturated rings. The molecule has 0 aromatic heterocycles. The monoisotopic (exact) mass is 328 g/mol. The minimum Gasteiger partial charge on any atom is -0.494 e. The normalized spacial score (nSPS) is 10.2. The van der Waals surface area contributed by atoms with E-state index in [9.17, 15) is 0 Å². The Labute approximate surface area is 144 Å². The zero-order valence-electron chi connectivity index (χ0n) is 14.0. The van der Waals surface area contributed by atoms with E-state index in [2.05, 4.69) is 36.5 Å². The van der Waals surface area contributed by atoms with E-state index < -0.39 is 0 Å². The van der Waals surface area contributed by atoms with E-state index in [4.69, 9.17) is 17.0 Å². The summed E-state index contributed by atoms with van der Waals surface area (Å²) in [6.07, 6.45) is 1.06. The first-order valence-corrected chi connectivity index (χ1v) is 8.36. The first-order valence-electron chi connectivity index (χ1n) is 7.95. The lowest BCUT2D eigenvalue weighted by molar-refractivity contribution is 0.340. The molecule has 0 spiro atoms. The largest absolute Gasteiger partial charge is 0.494 e. The number of hydrogen-bond acceptors (Lipinski definition) is 2. The number of aryl methyl sites for hydroxylation is 1. The van der Waals surface area contributed by atoms with E-state index in [1.54, 1.807) is 0 Å². The average Bonchev–Trinajstić information content (AvgIpc) is 2.57. The summed E-state index contributed by atoms with van der Waals surface area (Å²) in [4.78, 5) is 2.03. The first-order chi connectivity index (χ1) is 11.1. The maximum absolute atomic E-state index is 5.47. The van der Waals surface area contributed by atoms with Crippen LogP contribution in [0.25, 0.3) is 0 Å². The van der Waals surface area contributed by atoms with Gasteiger partial charge < -0.3 is 15.0 Å². The number of rotatable bonds is 6. The molecule has 122 valence electrons. The van der Waals surface area contributed by atoms with Gasteiger partial charge in [-0.25, -0.2) is 0 Å². The number of benzene rings is 2. The zero-order valence-corrected chi connectivity index (χ0v) is 14.8. The highest BCUT2D eigenvalue weighted by Crippen LogP contribution is 2.16. The van der Waals surface area contributed by atoms with Crippen LogP contribution >= 0.6 is 12.2 Å². The van der Waals surface area contributed by atoms with Crippen LogP contribution in [0.15, 0.2) is 48.5 Å². The van der Waals surface area contributed by atoms with Gasteiger partial charge in [0.25, 0.3) is 0 Å². The number of thiocarbonyl (C=S) groups is 1. The van der Waals surface area contributed by atoms with Gasteiger partial charge in [0, 0.05) is 19.3 Å². The van der Waals surface area contributed by atoms with Crippen molar-refractivity contribution >= 4 is 23.0 Å². The van der Waals surface area contributed by atoms with Crippen LogP contribution in [0.4, 0.5) is 5.69 Å². The van der Waals surface area contributed by atoms with Gasteiger partial charge in [0.2, 0.25) is 0 Å². The van der Waals surface area contributed by atoms with E-state index in [0.717, 1.165) is 24.4 Å². The number of nitrogens with one attached hydrogen (secondary N) is 1. The smallest absolute Gasteiger partial charge is 0.173 e. The lowest BCUT2D eigenvalue weighted by Crippen LogP contribution is -2.30. The third kappa shape index (κ3) is 5.25. The minimum atomic E-state index is 0.671. The Kier molecular flexibility index (Phi) is 6.41. The maximum atomic E-state index is 5.47. The van der Waals surface area contributed by atoms with Crippen LogP contribution in [-0.4, -0.2) is 23.7 Å². The maximum Gasteiger partial charge on any atom is 0.173 e. The molecule has 2 rings (SSSR count). The molecule has 0 aliphatic heterocycles. The van der Waals surface area contributed by atoms with Crippen LogP contribution in [0.1, 0.15) is 25.0 Å². The number of hydrogen-bond donors (Lipinski definition) is 1. The first kappa shape index (κ1) is 17.3. The van der Waals surface area contributed by atoms with E-state index in [-0.39, 0.29) is 0 Å². The predicted octanol–water partition coefficient (Wildman–Crippen LogP) is 4.48. The van der Waals surface area contributed by atoms with Crippen LogP contribution in [0.5, 0.6) is 5.75 Å². The zero-order chi connectivity index (χ0) is 16.7. The van der Waals surface area contributed by atoms with Crippen molar-refractivity contribution in [3.63, 3.8) is 0 Å². The number of anilines is 1. The summed E-state index contributed by atoms with van der Waals surface area (Å²) in [7, 11) is 2.00. The Morgan fingerprint density at radius 2 is 1.61 bits per heavy atom. The average molecular weight is 328 g/mol. The molecule has 0 saturated carbocycles. The predicted molar refractivity (Wildman–Crippen MR) is 101 cm³/mol. The summed E-state index contributed by atoms with van der Waals surface area (Å²) in [6.45, 7) is 5.60. The molecule has 3 nitrogen and oxygen atoms in total. The van der Waals surface area contributed by atoms with Gasteiger partial charge in [0.1, 0.15) is 5.75 Å². The molecular formula is C19H24N2OS. The van der Waals surface area contributed by atoms with E-state index >= 15 is 0 Å². The van der Waals surface area contributed by atoms with Crippen LogP contribution in [0.3, 0.4) is 0 Å². The highest BCUT2D eigenvalue weighted by Gasteiger charge is 2.06. The van der Waals surface area contributed by atoms with Gasteiger partial charge in [-0.1, -0.05) is 31.2 Å². The molecule has 0 unspecified atom stereocenters. The quantitative estimate of drug-likeness (QED) is 0.790. The molecule has 0 heterocycles. The Balaban J connectivity index is 1.90. The van der Waals surface area contributed by atoms with Crippen LogP contribution in [-0.2, 0) is 13.0 Å². The van der Waals surface area contributed by atoms with Crippen molar-refractivity contribution in [3.8, 4) is 5.75 Å². The van der Waals surface area contributed by atoms with Crippen molar-refractivity contribution in [2.24, 2.45) is 0 Å². The second kappa shape index (κ2) is 8.53. The van der Waals surface area contributed by atoms with Crippen molar-refractivity contribution < 1.29 is 4.74 Å². The molecule has 0 atom stereocenters. The van der Waals surface area contributed by atoms with Crippen LogP contribution in [0, 0.1) is 0 Å². The molecule has 2 aromatic carbocycles. The fourth-order valence-electron chi connectivity index (χ4n) is 2.25. The van der Waals surface area contributed by atoms with Crippen molar-refractivity contribution in [3.05, 3.63) is 59.7 Å². The van der Waals surface area contributed by atoms with Gasteiger partial charge in [0.05, 0.1) is 6.61 Å². The molecule has 23 heavy (non-hydrogen) atoms. The second-order valence-corrected chi connectivity index (χ2v) is 5.80. The molecule has 0 amide bonds. The van der Waals surface area contributed by atoms with Crippen LogP contribution < -0.4 is 10.1 Å². The molecule has 0 bridgehead atoms. The lowest BCUT2D eigenvalue weighted by atomic mass is 10.1. The molecule has 4 heteroatoms. The van der Waals surface area contributed by atoms with Gasteiger partial charge >= 0.3 is 0 Å². The topological polar surface area (TPSA) is 24.5 Å². The van der Waals surface area contributed by atoms with Crippen molar-refractivity contribution in [2.75, 3.05) is 19.0 Å². The van der Waals surface area contributed by atoms with Gasteiger partial charge in [0.15, 0.2) is 5.11 Å². The lowest BCUT2D eigenvalue weighted by Gasteiger charge is -2.21. The van der Waals surface area contributed by atoms with Gasteiger partial charge in [-0.2, -0.15) is 0 Å². The Morgan fingerprint density at radius 3 is 2.17 bits per heavy atom. The van der Waals surface area contributed by atoms with Crippen LogP contribution in [0.2, 0.25) is 0 Å². The Hall–Kier alpha value is -2.07. The second-order valence-electron chi connectivity index (χ2n) is 5.41. The third-order valence-electron chi connectivity index (χ3n) is 3.61. The molecule has 0 radical (unpaired) electrons. The summed E-state index contributed by atoms with van der Waals surface area (Å²) in [5.74, 6) is 0.869. The van der Waals surface area contributed by atoms with E-state index in [1.165, 1.54) is 11.1 Å². The van der Waals surface area contributed by atoms with E-state index in [1.807, 2.05) is 43.1 Å². The molecular weight excluding hydrogens is 304 g/mol. The van der Waals surface area contributed by atoms with Gasteiger partial charge in [-0.15, -0.1) is 0 Å².